The van der Waals surface area contributed by atoms with Gasteiger partial charge in [0, 0.05) is 30.3 Å². The molecule has 164 valence electrons. The Balaban J connectivity index is 1.31. The normalized spacial score (nSPS) is 20.8. The summed E-state index contributed by atoms with van der Waals surface area (Å²) in [5, 5.41) is 15.8. The number of carbonyl (C=O) groups is 1. The Kier molecular flexibility index (Phi) is 4.59. The first-order valence-electron chi connectivity index (χ1n) is 10.5. The highest BCUT2D eigenvalue weighted by Gasteiger charge is 2.39. The van der Waals surface area contributed by atoms with Crippen LogP contribution in [0.3, 0.4) is 0 Å². The van der Waals surface area contributed by atoms with Crippen LogP contribution in [-0.4, -0.2) is 58.7 Å². The second-order valence-electron chi connectivity index (χ2n) is 8.19. The van der Waals surface area contributed by atoms with Crippen LogP contribution in [0.1, 0.15) is 35.9 Å². The molecule has 6 rings (SSSR count). The van der Waals surface area contributed by atoms with Crippen molar-refractivity contribution in [3.05, 3.63) is 41.4 Å². The zero-order chi connectivity index (χ0) is 21.7. The first kappa shape index (κ1) is 19.3. The number of anilines is 3. The molecule has 0 aromatic carbocycles. The van der Waals surface area contributed by atoms with Crippen molar-refractivity contribution in [2.45, 2.75) is 43.8 Å². The van der Waals surface area contributed by atoms with E-state index in [1.807, 2.05) is 18.2 Å². The summed E-state index contributed by atoms with van der Waals surface area (Å²) in [7, 11) is 0. The first-order valence-corrected chi connectivity index (χ1v) is 11.3. The molecule has 4 aromatic heterocycles. The maximum atomic E-state index is 14.4. The number of aromatic amines is 1. The molecule has 2 aliphatic rings. The van der Waals surface area contributed by atoms with Crippen LogP contribution in [0.5, 0.6) is 0 Å². The third-order valence-electron chi connectivity index (χ3n) is 5.85. The summed E-state index contributed by atoms with van der Waals surface area (Å²) in [5.41, 5.74) is 1.87. The zero-order valence-electron chi connectivity index (χ0n) is 17.0. The molecule has 0 unspecified atom stereocenters. The van der Waals surface area contributed by atoms with Gasteiger partial charge >= 0.3 is 0 Å². The van der Waals surface area contributed by atoms with Crippen molar-refractivity contribution in [2.24, 2.45) is 0 Å². The van der Waals surface area contributed by atoms with Gasteiger partial charge in [0.2, 0.25) is 5.95 Å². The maximum absolute atomic E-state index is 14.4. The van der Waals surface area contributed by atoms with E-state index in [-0.39, 0.29) is 25.2 Å². The Labute approximate surface area is 186 Å². The first-order chi connectivity index (χ1) is 15.6. The summed E-state index contributed by atoms with van der Waals surface area (Å²) in [5.74, 6) is 1.94. The molecule has 2 atom stereocenters. The Morgan fingerprint density at radius 2 is 2.28 bits per heavy atom. The molecule has 0 amide bonds. The van der Waals surface area contributed by atoms with Gasteiger partial charge in [0.1, 0.15) is 23.0 Å². The molecule has 1 saturated heterocycles. The fraction of sp³-hybridized carbons (Fsp3) is 0.400. The lowest BCUT2D eigenvalue weighted by molar-refractivity contribution is -0.119. The summed E-state index contributed by atoms with van der Waals surface area (Å²) < 4.78 is 20.0. The number of ketones is 1. The number of aromatic nitrogens is 7. The van der Waals surface area contributed by atoms with Gasteiger partial charge in [-0.3, -0.25) is 9.89 Å². The third kappa shape index (κ3) is 3.60. The number of carbonyl (C=O) groups excluding carboxylic acids is 1. The van der Waals surface area contributed by atoms with E-state index in [2.05, 4.69) is 35.0 Å². The summed E-state index contributed by atoms with van der Waals surface area (Å²) in [6.45, 7) is 0.0625. The van der Waals surface area contributed by atoms with Crippen LogP contribution >= 0.6 is 11.5 Å². The van der Waals surface area contributed by atoms with Crippen LogP contribution in [0.25, 0.3) is 5.52 Å². The second kappa shape index (κ2) is 7.62. The monoisotopic (exact) mass is 453 g/mol. The zero-order valence-corrected chi connectivity index (χ0v) is 17.8. The van der Waals surface area contributed by atoms with Crippen molar-refractivity contribution in [2.75, 3.05) is 16.8 Å². The molecule has 0 bridgehead atoms. The largest absolute Gasteiger partial charge is 0.326 e. The van der Waals surface area contributed by atoms with E-state index in [1.54, 1.807) is 15.6 Å². The van der Waals surface area contributed by atoms with Gasteiger partial charge in [-0.2, -0.15) is 14.5 Å². The number of nitrogens with one attached hydrogen (secondary N) is 2. The van der Waals surface area contributed by atoms with Crippen molar-refractivity contribution < 1.29 is 9.18 Å². The van der Waals surface area contributed by atoms with Gasteiger partial charge in [0.25, 0.3) is 0 Å². The van der Waals surface area contributed by atoms with Crippen LogP contribution in [0, 0.1) is 0 Å². The fourth-order valence-corrected chi connectivity index (χ4v) is 4.63. The molecule has 1 saturated carbocycles. The highest BCUT2D eigenvalue weighted by Crippen LogP contribution is 2.39. The molecule has 2 N–H and O–H groups in total. The molecule has 4 aromatic rings. The van der Waals surface area contributed by atoms with Gasteiger partial charge in [-0.05, 0) is 36.5 Å². The van der Waals surface area contributed by atoms with Crippen LogP contribution in [-0.2, 0) is 11.2 Å². The molecular formula is C20H20FN9OS. The van der Waals surface area contributed by atoms with Gasteiger partial charge in [-0.1, -0.05) is 0 Å². The van der Waals surface area contributed by atoms with Crippen molar-refractivity contribution in [3.8, 4) is 0 Å². The van der Waals surface area contributed by atoms with Crippen molar-refractivity contribution >= 4 is 40.4 Å². The summed E-state index contributed by atoms with van der Waals surface area (Å²) in [4.78, 5) is 23.3. The summed E-state index contributed by atoms with van der Waals surface area (Å²) in [6, 6.07) is 5.09. The lowest BCUT2D eigenvalue weighted by Gasteiger charge is -2.23. The van der Waals surface area contributed by atoms with Gasteiger partial charge in [-0.25, -0.2) is 13.9 Å². The van der Waals surface area contributed by atoms with E-state index < -0.39 is 12.2 Å². The molecule has 32 heavy (non-hydrogen) atoms. The predicted octanol–water partition coefficient (Wildman–Crippen LogP) is 2.65. The molecule has 2 fully saturated rings. The second-order valence-corrected chi connectivity index (χ2v) is 9.05. The molecule has 1 aliphatic heterocycles. The highest BCUT2D eigenvalue weighted by atomic mass is 32.1. The molecule has 1 aliphatic carbocycles. The third-order valence-corrected chi connectivity index (χ3v) is 6.51. The standard InChI is InChI=1S/C20H20FN9OS/c21-12-6-15(16(31)8-18-22-10-23-32-18)29(9-12)20-25-19(14-2-1-5-30(14)28-20)24-17-7-13(26-27-17)11-3-4-11/h1-2,5,7,10-12,15H,3-4,6,8-9H2,(H2,24,25,26,27,28)/t12-,15+/m1/s1. The van der Waals surface area contributed by atoms with Crippen LogP contribution in [0.2, 0.25) is 0 Å². The minimum atomic E-state index is -1.13. The van der Waals surface area contributed by atoms with Crippen molar-refractivity contribution in [1.82, 2.24) is 34.2 Å². The van der Waals surface area contributed by atoms with E-state index >= 15 is 0 Å². The van der Waals surface area contributed by atoms with E-state index in [0.29, 0.717) is 28.5 Å². The topological polar surface area (TPSA) is 117 Å². The van der Waals surface area contributed by atoms with E-state index in [1.165, 1.54) is 30.7 Å². The lowest BCUT2D eigenvalue weighted by Crippen LogP contribution is -2.38. The molecule has 0 radical (unpaired) electrons. The van der Waals surface area contributed by atoms with Crippen LogP contribution < -0.4 is 10.2 Å². The smallest absolute Gasteiger partial charge is 0.246 e. The van der Waals surface area contributed by atoms with E-state index in [9.17, 15) is 9.18 Å². The molecule has 5 heterocycles. The maximum Gasteiger partial charge on any atom is 0.246 e. The quantitative estimate of drug-likeness (QED) is 0.439. The molecule has 10 nitrogen and oxygen atoms in total. The fourth-order valence-electron chi connectivity index (χ4n) is 4.11. The Bertz CT molecular complexity index is 1270. The van der Waals surface area contributed by atoms with Gasteiger partial charge in [0.05, 0.1) is 19.0 Å². The SMILES string of the molecule is O=C(Cc1ncns1)[C@@H]1C[C@@H](F)CN1c1nc(Nc2cc(C3CC3)[nH]n2)c2cccn2n1. The van der Waals surface area contributed by atoms with E-state index in [0.717, 1.165) is 11.2 Å². The molecular weight excluding hydrogens is 433 g/mol. The number of Topliss-reactive ketones (excluding diaryl/α,β-unsaturated/α-hetero) is 1. The minimum absolute atomic E-state index is 0.0625. The summed E-state index contributed by atoms with van der Waals surface area (Å²) >= 11 is 1.17. The number of H-pyrrole nitrogens is 1. The number of nitrogens with zero attached hydrogens (tertiary/aromatic N) is 7. The summed E-state index contributed by atoms with van der Waals surface area (Å²) in [6.07, 6.45) is 4.66. The van der Waals surface area contributed by atoms with Gasteiger partial charge in [-0.15, -0.1) is 5.10 Å². The Morgan fingerprint density at radius 1 is 1.38 bits per heavy atom. The number of alkyl halides is 1. The number of rotatable bonds is 7. The number of halogens is 1. The lowest BCUT2D eigenvalue weighted by atomic mass is 10.1. The molecule has 0 spiro atoms. The average molecular weight is 454 g/mol. The highest BCUT2D eigenvalue weighted by molar-refractivity contribution is 7.05. The van der Waals surface area contributed by atoms with Crippen LogP contribution in [0.4, 0.5) is 22.0 Å². The molecule has 12 heteroatoms. The van der Waals surface area contributed by atoms with Crippen LogP contribution in [0.15, 0.2) is 30.7 Å². The Morgan fingerprint density at radius 3 is 3.09 bits per heavy atom. The Hall–Kier alpha value is -3.41. The van der Waals surface area contributed by atoms with Crippen molar-refractivity contribution in [1.29, 1.82) is 0 Å². The number of hydrogen-bond acceptors (Lipinski definition) is 9. The van der Waals surface area contributed by atoms with Gasteiger partial charge < -0.3 is 10.2 Å². The van der Waals surface area contributed by atoms with E-state index in [4.69, 9.17) is 0 Å². The predicted molar refractivity (Wildman–Crippen MR) is 116 cm³/mol. The van der Waals surface area contributed by atoms with Crippen molar-refractivity contribution in [3.63, 3.8) is 0 Å². The number of hydrogen-bond donors (Lipinski definition) is 2. The average Bonchev–Trinajstić information content (AvgIpc) is 3.21. The number of fused-ring (bicyclic) bond motifs is 1. The minimum Gasteiger partial charge on any atom is -0.326 e. The van der Waals surface area contributed by atoms with Gasteiger partial charge in [0.15, 0.2) is 17.4 Å².